The van der Waals surface area contributed by atoms with Crippen molar-refractivity contribution in [2.24, 2.45) is 0 Å². The van der Waals surface area contributed by atoms with E-state index in [1.807, 2.05) is 6.20 Å². The van der Waals surface area contributed by atoms with Gasteiger partial charge in [0.2, 0.25) is 0 Å². The van der Waals surface area contributed by atoms with Gasteiger partial charge in [0.1, 0.15) is 5.01 Å². The number of nitrogens with zero attached hydrogens (tertiary/aromatic N) is 2. The van der Waals surface area contributed by atoms with Crippen molar-refractivity contribution in [2.75, 3.05) is 19.6 Å². The Morgan fingerprint density at radius 1 is 1.50 bits per heavy atom. The molecule has 3 nitrogen and oxygen atoms in total. The van der Waals surface area contributed by atoms with Crippen molar-refractivity contribution in [3.63, 3.8) is 0 Å². The minimum Gasteiger partial charge on any atom is -0.305 e. The van der Waals surface area contributed by atoms with Gasteiger partial charge in [0, 0.05) is 17.6 Å². The standard InChI is InChI=1S/C14H25N3S/c1-3-8-17-9-4-5-13(6-10-17)16-12(2)14-15-7-11-18-14/h7,11-13,16H,3-6,8-10H2,1-2H3. The van der Waals surface area contributed by atoms with Crippen molar-refractivity contribution >= 4 is 11.3 Å². The van der Waals surface area contributed by atoms with Crippen LogP contribution in [0.5, 0.6) is 0 Å². The molecule has 18 heavy (non-hydrogen) atoms. The molecule has 2 rings (SSSR count). The summed E-state index contributed by atoms with van der Waals surface area (Å²) in [5.41, 5.74) is 0. The summed E-state index contributed by atoms with van der Waals surface area (Å²) in [5, 5.41) is 7.02. The third-order valence-electron chi connectivity index (χ3n) is 3.67. The highest BCUT2D eigenvalue weighted by atomic mass is 32.1. The van der Waals surface area contributed by atoms with Crippen molar-refractivity contribution in [3.05, 3.63) is 16.6 Å². The lowest BCUT2D eigenvalue weighted by molar-refractivity contribution is 0.281. The summed E-state index contributed by atoms with van der Waals surface area (Å²) >= 11 is 1.75. The Hall–Kier alpha value is -0.450. The molecule has 2 atom stereocenters. The smallest absolute Gasteiger partial charge is 0.109 e. The van der Waals surface area contributed by atoms with Crippen molar-refractivity contribution in [2.45, 2.75) is 51.6 Å². The minimum absolute atomic E-state index is 0.396. The zero-order valence-electron chi connectivity index (χ0n) is 11.6. The summed E-state index contributed by atoms with van der Waals surface area (Å²) in [4.78, 5) is 7.00. The molecule has 4 heteroatoms. The second-order valence-electron chi connectivity index (χ2n) is 5.23. The summed E-state index contributed by atoms with van der Waals surface area (Å²) in [6.07, 6.45) is 7.07. The van der Waals surface area contributed by atoms with Crippen LogP contribution in [0, 0.1) is 0 Å². The molecule has 0 bridgehead atoms. The zero-order valence-corrected chi connectivity index (χ0v) is 12.4. The van der Waals surface area contributed by atoms with E-state index in [1.54, 1.807) is 11.3 Å². The number of hydrogen-bond acceptors (Lipinski definition) is 4. The molecule has 102 valence electrons. The van der Waals surface area contributed by atoms with E-state index >= 15 is 0 Å². The molecule has 1 fully saturated rings. The van der Waals surface area contributed by atoms with Crippen LogP contribution in [0.2, 0.25) is 0 Å². The molecule has 0 radical (unpaired) electrons. The first-order chi connectivity index (χ1) is 8.79. The minimum atomic E-state index is 0.396. The van der Waals surface area contributed by atoms with Crippen molar-refractivity contribution < 1.29 is 0 Å². The monoisotopic (exact) mass is 267 g/mol. The van der Waals surface area contributed by atoms with Crippen molar-refractivity contribution in [1.82, 2.24) is 15.2 Å². The van der Waals surface area contributed by atoms with E-state index in [9.17, 15) is 0 Å². The molecule has 0 spiro atoms. The molecule has 2 heterocycles. The summed E-state index contributed by atoms with van der Waals surface area (Å²) < 4.78 is 0. The van der Waals surface area contributed by atoms with Crippen LogP contribution < -0.4 is 5.32 Å². The third-order valence-corrected chi connectivity index (χ3v) is 4.63. The van der Waals surface area contributed by atoms with E-state index < -0.39 is 0 Å². The van der Waals surface area contributed by atoms with Crippen LogP contribution in [0.15, 0.2) is 11.6 Å². The first-order valence-electron chi connectivity index (χ1n) is 7.17. The van der Waals surface area contributed by atoms with E-state index in [2.05, 4.69) is 34.4 Å². The van der Waals surface area contributed by atoms with Crippen molar-refractivity contribution in [1.29, 1.82) is 0 Å². The van der Waals surface area contributed by atoms with Gasteiger partial charge in [-0.3, -0.25) is 0 Å². The normalized spacial score (nSPS) is 23.8. The van der Waals surface area contributed by atoms with E-state index in [0.717, 1.165) is 0 Å². The third kappa shape index (κ3) is 4.04. The highest BCUT2D eigenvalue weighted by Crippen LogP contribution is 2.19. The van der Waals surface area contributed by atoms with Gasteiger partial charge in [-0.05, 0) is 52.2 Å². The maximum Gasteiger partial charge on any atom is 0.109 e. The summed E-state index contributed by atoms with van der Waals surface area (Å²) in [6, 6.07) is 1.05. The first kappa shape index (κ1) is 14.0. The number of aromatic nitrogens is 1. The first-order valence-corrected chi connectivity index (χ1v) is 8.05. The number of rotatable bonds is 5. The predicted molar refractivity (Wildman–Crippen MR) is 78.0 cm³/mol. The van der Waals surface area contributed by atoms with Gasteiger partial charge in [0.15, 0.2) is 0 Å². The van der Waals surface area contributed by atoms with Gasteiger partial charge in [0.25, 0.3) is 0 Å². The van der Waals surface area contributed by atoms with Gasteiger partial charge in [-0.15, -0.1) is 11.3 Å². The van der Waals surface area contributed by atoms with Crippen molar-refractivity contribution in [3.8, 4) is 0 Å². The van der Waals surface area contributed by atoms with Crippen LogP contribution in [-0.4, -0.2) is 35.6 Å². The fourth-order valence-electron chi connectivity index (χ4n) is 2.74. The Morgan fingerprint density at radius 3 is 3.11 bits per heavy atom. The Morgan fingerprint density at radius 2 is 2.39 bits per heavy atom. The molecular formula is C14H25N3S. The van der Waals surface area contributed by atoms with E-state index in [1.165, 1.54) is 50.3 Å². The van der Waals surface area contributed by atoms with Gasteiger partial charge in [-0.1, -0.05) is 6.92 Å². The van der Waals surface area contributed by atoms with Crippen LogP contribution in [0.4, 0.5) is 0 Å². The Balaban J connectivity index is 1.79. The highest BCUT2D eigenvalue weighted by molar-refractivity contribution is 7.09. The molecule has 1 aromatic rings. The van der Waals surface area contributed by atoms with Gasteiger partial charge in [0.05, 0.1) is 6.04 Å². The molecule has 0 aliphatic carbocycles. The lowest BCUT2D eigenvalue weighted by atomic mass is 10.1. The van der Waals surface area contributed by atoms with Crippen LogP contribution in [0.25, 0.3) is 0 Å². The molecule has 1 aliphatic heterocycles. The molecular weight excluding hydrogens is 242 g/mol. The SMILES string of the molecule is CCCN1CCCC(NC(C)c2nccs2)CC1. The lowest BCUT2D eigenvalue weighted by Gasteiger charge is -2.21. The fourth-order valence-corrected chi connectivity index (χ4v) is 3.39. The largest absolute Gasteiger partial charge is 0.305 e. The Labute approximate surface area is 115 Å². The molecule has 0 amide bonds. The summed E-state index contributed by atoms with van der Waals surface area (Å²) in [5.74, 6) is 0. The fraction of sp³-hybridized carbons (Fsp3) is 0.786. The molecule has 1 saturated heterocycles. The number of likely N-dealkylation sites (tertiary alicyclic amines) is 1. The van der Waals surface area contributed by atoms with E-state index in [4.69, 9.17) is 0 Å². The average molecular weight is 267 g/mol. The van der Waals surface area contributed by atoms with Gasteiger partial charge in [-0.2, -0.15) is 0 Å². The van der Waals surface area contributed by atoms with E-state index in [-0.39, 0.29) is 0 Å². The average Bonchev–Trinajstić information content (AvgIpc) is 2.81. The lowest BCUT2D eigenvalue weighted by Crippen LogP contribution is -2.33. The molecule has 2 unspecified atom stereocenters. The quantitative estimate of drug-likeness (QED) is 0.888. The molecule has 0 aromatic carbocycles. The van der Waals surface area contributed by atoms with Gasteiger partial charge in [-0.25, -0.2) is 4.98 Å². The molecule has 0 saturated carbocycles. The number of thiazole rings is 1. The summed E-state index contributed by atoms with van der Waals surface area (Å²) in [7, 11) is 0. The van der Waals surface area contributed by atoms with Gasteiger partial charge < -0.3 is 10.2 Å². The molecule has 1 aliphatic rings. The van der Waals surface area contributed by atoms with Crippen LogP contribution in [-0.2, 0) is 0 Å². The second-order valence-corrected chi connectivity index (χ2v) is 6.15. The second kappa shape index (κ2) is 7.22. The molecule has 1 N–H and O–H groups in total. The maximum absolute atomic E-state index is 4.40. The highest BCUT2D eigenvalue weighted by Gasteiger charge is 2.19. The molecule has 1 aromatic heterocycles. The summed E-state index contributed by atoms with van der Waals surface area (Å²) in [6.45, 7) is 8.28. The van der Waals surface area contributed by atoms with Gasteiger partial charge >= 0.3 is 0 Å². The van der Waals surface area contributed by atoms with Crippen LogP contribution >= 0.6 is 11.3 Å². The Kier molecular flexibility index (Phi) is 5.60. The number of hydrogen-bond donors (Lipinski definition) is 1. The van der Waals surface area contributed by atoms with Crippen LogP contribution in [0.3, 0.4) is 0 Å². The van der Waals surface area contributed by atoms with Crippen LogP contribution in [0.1, 0.15) is 50.6 Å². The van der Waals surface area contributed by atoms with E-state index in [0.29, 0.717) is 12.1 Å². The predicted octanol–water partition coefficient (Wildman–Crippen LogP) is 3.06. The topological polar surface area (TPSA) is 28.2 Å². The maximum atomic E-state index is 4.40. The number of nitrogens with one attached hydrogen (secondary N) is 1. The Bertz CT molecular complexity index is 326. The zero-order chi connectivity index (χ0) is 12.8.